The van der Waals surface area contributed by atoms with Gasteiger partial charge in [-0.15, -0.1) is 0 Å². The minimum Gasteiger partial charge on any atom is -0.393 e. The highest BCUT2D eigenvalue weighted by molar-refractivity contribution is 5.96. The van der Waals surface area contributed by atoms with E-state index in [2.05, 4.69) is 26.8 Å². The largest absolute Gasteiger partial charge is 0.393 e. The first-order valence-corrected chi connectivity index (χ1v) is 6.76. The molecule has 0 aromatic carbocycles. The molecule has 2 rings (SSSR count). The van der Waals surface area contributed by atoms with Gasteiger partial charge in [-0.3, -0.25) is 4.79 Å². The van der Waals surface area contributed by atoms with Crippen LogP contribution in [0.1, 0.15) is 47.0 Å². The Kier molecular flexibility index (Phi) is 3.19. The summed E-state index contributed by atoms with van der Waals surface area (Å²) in [6, 6.07) is 0. The lowest BCUT2D eigenvalue weighted by molar-refractivity contribution is -0.120. The highest BCUT2D eigenvalue weighted by atomic mass is 16.3. The van der Waals surface area contributed by atoms with Crippen molar-refractivity contribution in [2.45, 2.75) is 53.1 Å². The van der Waals surface area contributed by atoms with E-state index in [1.165, 1.54) is 0 Å². The van der Waals surface area contributed by atoms with E-state index in [0.29, 0.717) is 18.3 Å². The van der Waals surface area contributed by atoms with Crippen molar-refractivity contribution in [3.05, 3.63) is 11.6 Å². The van der Waals surface area contributed by atoms with Crippen molar-refractivity contribution in [1.29, 1.82) is 0 Å². The van der Waals surface area contributed by atoms with E-state index < -0.39 is 0 Å². The van der Waals surface area contributed by atoms with Gasteiger partial charge in [0, 0.05) is 6.42 Å². The first-order chi connectivity index (χ1) is 7.88. The normalized spacial score (nSPS) is 42.4. The van der Waals surface area contributed by atoms with Gasteiger partial charge in [0.1, 0.15) is 0 Å². The molecule has 0 aliphatic heterocycles. The van der Waals surface area contributed by atoms with Gasteiger partial charge >= 0.3 is 0 Å². The fourth-order valence-corrected chi connectivity index (χ4v) is 4.16. The van der Waals surface area contributed by atoms with Gasteiger partial charge in [-0.25, -0.2) is 0 Å². The summed E-state index contributed by atoms with van der Waals surface area (Å²) < 4.78 is 0. The van der Waals surface area contributed by atoms with Gasteiger partial charge in [0.15, 0.2) is 5.78 Å². The summed E-state index contributed by atoms with van der Waals surface area (Å²) in [7, 11) is 0. The van der Waals surface area contributed by atoms with E-state index in [-0.39, 0.29) is 23.2 Å². The lowest BCUT2D eigenvalue weighted by Gasteiger charge is -2.43. The van der Waals surface area contributed by atoms with Gasteiger partial charge in [0.05, 0.1) is 6.10 Å². The molecule has 0 aromatic rings. The van der Waals surface area contributed by atoms with Gasteiger partial charge in [-0.2, -0.15) is 0 Å². The van der Waals surface area contributed by atoms with Crippen LogP contribution in [0.15, 0.2) is 11.6 Å². The Labute approximate surface area is 104 Å². The zero-order chi connectivity index (χ0) is 12.8. The summed E-state index contributed by atoms with van der Waals surface area (Å²) in [5.74, 6) is 1.43. The zero-order valence-corrected chi connectivity index (χ0v) is 11.4. The van der Waals surface area contributed by atoms with Crippen LogP contribution in [0.25, 0.3) is 0 Å². The summed E-state index contributed by atoms with van der Waals surface area (Å²) in [5.41, 5.74) is 0.927. The van der Waals surface area contributed by atoms with Gasteiger partial charge < -0.3 is 5.11 Å². The second-order valence-corrected chi connectivity index (χ2v) is 6.40. The Morgan fingerprint density at radius 2 is 2.12 bits per heavy atom. The molecule has 0 heterocycles. The minimum atomic E-state index is -0.232. The predicted molar refractivity (Wildman–Crippen MR) is 68.5 cm³/mol. The highest BCUT2D eigenvalue weighted by Gasteiger charge is 2.54. The molecule has 0 aromatic heterocycles. The molecule has 0 bridgehead atoms. The standard InChI is InChI=1S/C15H24O2/c1-9(2)14-12(16)7-11(4)15(14)6-5-10(3)13(17)8-15/h5,9,11-12,14,16H,6-8H2,1-4H3/t11-,12-,14-,15+/m1/s1. The molecule has 17 heavy (non-hydrogen) atoms. The second-order valence-electron chi connectivity index (χ2n) is 6.40. The van der Waals surface area contributed by atoms with Crippen LogP contribution in [0.3, 0.4) is 0 Å². The van der Waals surface area contributed by atoms with Crippen LogP contribution in [0.5, 0.6) is 0 Å². The summed E-state index contributed by atoms with van der Waals surface area (Å²) in [6.45, 7) is 8.45. The second kappa shape index (κ2) is 4.24. The number of hydrogen-bond donors (Lipinski definition) is 1. The van der Waals surface area contributed by atoms with Crippen LogP contribution in [0.4, 0.5) is 0 Å². The summed E-state index contributed by atoms with van der Waals surface area (Å²) >= 11 is 0. The molecule has 0 amide bonds. The SMILES string of the molecule is CC1=CC[C@]2(CC1=O)[C@H](C)C[C@@H](O)[C@H]2C(C)C. The highest BCUT2D eigenvalue weighted by Crippen LogP contribution is 2.57. The van der Waals surface area contributed by atoms with Crippen molar-refractivity contribution in [3.63, 3.8) is 0 Å². The van der Waals surface area contributed by atoms with Gasteiger partial charge in [-0.05, 0) is 48.5 Å². The molecule has 1 N–H and O–H groups in total. The van der Waals surface area contributed by atoms with Crippen LogP contribution >= 0.6 is 0 Å². The van der Waals surface area contributed by atoms with E-state index >= 15 is 0 Å². The molecule has 0 radical (unpaired) electrons. The van der Waals surface area contributed by atoms with Crippen LogP contribution in [-0.4, -0.2) is 17.0 Å². The Morgan fingerprint density at radius 1 is 1.47 bits per heavy atom. The Hall–Kier alpha value is -0.630. The summed E-state index contributed by atoms with van der Waals surface area (Å²) in [4.78, 5) is 12.0. The average Bonchev–Trinajstić information content (AvgIpc) is 2.45. The molecule has 4 atom stereocenters. The molecule has 2 heteroatoms. The molecule has 1 fully saturated rings. The minimum absolute atomic E-state index is 0.0180. The monoisotopic (exact) mass is 236 g/mol. The third kappa shape index (κ3) is 1.87. The van der Waals surface area contributed by atoms with Crippen LogP contribution < -0.4 is 0 Å². The smallest absolute Gasteiger partial charge is 0.158 e. The molecule has 1 saturated carbocycles. The maximum atomic E-state index is 12.0. The van der Waals surface area contributed by atoms with Gasteiger partial charge in [0.2, 0.25) is 0 Å². The van der Waals surface area contributed by atoms with Gasteiger partial charge in [0.25, 0.3) is 0 Å². The molecule has 1 spiro atoms. The molecule has 2 aliphatic carbocycles. The molecular formula is C15H24O2. The lowest BCUT2D eigenvalue weighted by atomic mass is 9.61. The number of hydrogen-bond acceptors (Lipinski definition) is 2. The van der Waals surface area contributed by atoms with Crippen molar-refractivity contribution >= 4 is 5.78 Å². The number of rotatable bonds is 1. The average molecular weight is 236 g/mol. The molecule has 0 saturated heterocycles. The fraction of sp³-hybridized carbons (Fsp3) is 0.800. The lowest BCUT2D eigenvalue weighted by Crippen LogP contribution is -2.40. The molecule has 0 unspecified atom stereocenters. The van der Waals surface area contributed by atoms with E-state index in [1.807, 2.05) is 6.92 Å². The van der Waals surface area contributed by atoms with E-state index in [1.54, 1.807) is 0 Å². The van der Waals surface area contributed by atoms with Crippen molar-refractivity contribution in [1.82, 2.24) is 0 Å². The Balaban J connectivity index is 2.37. The number of carbonyl (C=O) groups excluding carboxylic acids is 1. The van der Waals surface area contributed by atoms with Crippen molar-refractivity contribution in [2.24, 2.45) is 23.2 Å². The third-order valence-electron chi connectivity index (χ3n) is 5.09. The van der Waals surface area contributed by atoms with Gasteiger partial charge in [-0.1, -0.05) is 26.8 Å². The molecular weight excluding hydrogens is 212 g/mol. The van der Waals surface area contributed by atoms with E-state index in [0.717, 1.165) is 18.4 Å². The Morgan fingerprint density at radius 3 is 2.65 bits per heavy atom. The molecule has 2 nitrogen and oxygen atoms in total. The van der Waals surface area contributed by atoms with Crippen LogP contribution in [0, 0.1) is 23.2 Å². The summed E-state index contributed by atoms with van der Waals surface area (Å²) in [6.07, 6.45) is 4.31. The third-order valence-corrected chi connectivity index (χ3v) is 5.09. The Bertz CT molecular complexity index is 356. The van der Waals surface area contributed by atoms with E-state index in [9.17, 15) is 9.90 Å². The van der Waals surface area contributed by atoms with Crippen molar-refractivity contribution in [3.8, 4) is 0 Å². The number of aliphatic hydroxyl groups is 1. The predicted octanol–water partition coefficient (Wildman–Crippen LogP) is 2.95. The zero-order valence-electron chi connectivity index (χ0n) is 11.4. The number of carbonyl (C=O) groups is 1. The topological polar surface area (TPSA) is 37.3 Å². The first-order valence-electron chi connectivity index (χ1n) is 6.76. The maximum absolute atomic E-state index is 12.0. The number of Topliss-reactive ketones (excluding diaryl/α,β-unsaturated/α-hetero) is 1. The fourth-order valence-electron chi connectivity index (χ4n) is 4.16. The quantitative estimate of drug-likeness (QED) is 0.760. The summed E-state index contributed by atoms with van der Waals surface area (Å²) in [5, 5.41) is 10.3. The van der Waals surface area contributed by atoms with Crippen LogP contribution in [0.2, 0.25) is 0 Å². The van der Waals surface area contributed by atoms with Crippen molar-refractivity contribution in [2.75, 3.05) is 0 Å². The molecule has 2 aliphatic rings. The number of aliphatic hydroxyl groups excluding tert-OH is 1. The van der Waals surface area contributed by atoms with Crippen LogP contribution in [-0.2, 0) is 4.79 Å². The maximum Gasteiger partial charge on any atom is 0.158 e. The number of ketones is 1. The van der Waals surface area contributed by atoms with Crippen molar-refractivity contribution < 1.29 is 9.90 Å². The van der Waals surface area contributed by atoms with E-state index in [4.69, 9.17) is 0 Å². The first kappa shape index (κ1) is 12.8. The number of allylic oxidation sites excluding steroid dienone is 2. The molecule has 96 valence electrons.